The van der Waals surface area contributed by atoms with Crippen molar-refractivity contribution in [2.24, 2.45) is 0 Å². The molecule has 1 saturated heterocycles. The van der Waals surface area contributed by atoms with Crippen LogP contribution < -0.4 is 10.1 Å². The number of benzene rings is 1. The average Bonchev–Trinajstić information content (AvgIpc) is 3.47. The lowest BCUT2D eigenvalue weighted by Crippen LogP contribution is -2.31. The second-order valence-corrected chi connectivity index (χ2v) is 7.24. The lowest BCUT2D eigenvalue weighted by molar-refractivity contribution is 0.0861. The van der Waals surface area contributed by atoms with Crippen LogP contribution in [-0.2, 0) is 4.74 Å². The van der Waals surface area contributed by atoms with Crippen LogP contribution in [0.25, 0.3) is 22.2 Å². The van der Waals surface area contributed by atoms with E-state index in [9.17, 15) is 4.79 Å². The van der Waals surface area contributed by atoms with Crippen molar-refractivity contribution in [3.8, 4) is 27.9 Å². The molecular formula is C19H19N3O4S. The number of nitrogens with zero attached hydrogens (tertiary/aromatic N) is 2. The third-order valence-electron chi connectivity index (χ3n) is 4.33. The van der Waals surface area contributed by atoms with Gasteiger partial charge in [-0.05, 0) is 49.2 Å². The fourth-order valence-corrected chi connectivity index (χ4v) is 3.70. The number of hydrogen-bond acceptors (Lipinski definition) is 7. The molecule has 1 aromatic carbocycles. The minimum absolute atomic E-state index is 0.111. The van der Waals surface area contributed by atoms with Crippen molar-refractivity contribution in [3.05, 3.63) is 41.3 Å². The Morgan fingerprint density at radius 2 is 2.15 bits per heavy atom. The molecule has 8 heteroatoms. The van der Waals surface area contributed by atoms with E-state index in [1.807, 2.05) is 30.3 Å². The van der Waals surface area contributed by atoms with E-state index in [0.717, 1.165) is 35.6 Å². The maximum atomic E-state index is 12.3. The highest BCUT2D eigenvalue weighted by Gasteiger charge is 2.19. The topological polar surface area (TPSA) is 86.5 Å². The van der Waals surface area contributed by atoms with Crippen molar-refractivity contribution in [2.75, 3.05) is 20.3 Å². The normalized spacial score (nSPS) is 16.4. The van der Waals surface area contributed by atoms with Crippen molar-refractivity contribution < 1.29 is 18.8 Å². The van der Waals surface area contributed by atoms with Gasteiger partial charge in [0.2, 0.25) is 5.82 Å². The molecule has 0 bridgehead atoms. The molecule has 1 fully saturated rings. The molecule has 0 saturated carbocycles. The summed E-state index contributed by atoms with van der Waals surface area (Å²) in [6, 6.07) is 11.0. The van der Waals surface area contributed by atoms with Crippen LogP contribution in [0.3, 0.4) is 0 Å². The van der Waals surface area contributed by atoms with Gasteiger partial charge < -0.3 is 19.3 Å². The predicted molar refractivity (Wildman–Crippen MR) is 101 cm³/mol. The third kappa shape index (κ3) is 4.01. The van der Waals surface area contributed by atoms with Crippen LogP contribution in [0.15, 0.2) is 40.9 Å². The Labute approximate surface area is 160 Å². The molecule has 7 nitrogen and oxygen atoms in total. The van der Waals surface area contributed by atoms with Crippen molar-refractivity contribution >= 4 is 17.2 Å². The van der Waals surface area contributed by atoms with E-state index in [1.165, 1.54) is 11.3 Å². The molecule has 1 aliphatic rings. The summed E-state index contributed by atoms with van der Waals surface area (Å²) in [5, 5.41) is 6.95. The third-order valence-corrected chi connectivity index (χ3v) is 5.41. The van der Waals surface area contributed by atoms with Crippen LogP contribution >= 0.6 is 11.3 Å². The molecule has 1 aliphatic heterocycles. The Morgan fingerprint density at radius 3 is 2.89 bits per heavy atom. The van der Waals surface area contributed by atoms with E-state index in [2.05, 4.69) is 15.5 Å². The van der Waals surface area contributed by atoms with Gasteiger partial charge in [0, 0.05) is 18.7 Å². The van der Waals surface area contributed by atoms with Crippen molar-refractivity contribution in [1.82, 2.24) is 15.5 Å². The van der Waals surface area contributed by atoms with Crippen LogP contribution in [0.2, 0.25) is 0 Å². The van der Waals surface area contributed by atoms with Crippen LogP contribution in [0, 0.1) is 0 Å². The summed E-state index contributed by atoms with van der Waals surface area (Å²) in [5.74, 6) is 1.53. The molecule has 27 heavy (non-hydrogen) atoms. The summed E-state index contributed by atoms with van der Waals surface area (Å²) in [6.07, 6.45) is 2.17. The molecular weight excluding hydrogens is 366 g/mol. The Kier molecular flexibility index (Phi) is 5.17. The first-order chi connectivity index (χ1) is 13.2. The zero-order valence-corrected chi connectivity index (χ0v) is 15.6. The van der Waals surface area contributed by atoms with E-state index >= 15 is 0 Å². The smallest absolute Gasteiger partial charge is 0.261 e. The Bertz CT molecular complexity index is 913. The van der Waals surface area contributed by atoms with Gasteiger partial charge in [-0.25, -0.2) is 0 Å². The average molecular weight is 385 g/mol. The van der Waals surface area contributed by atoms with Crippen molar-refractivity contribution in [3.63, 3.8) is 0 Å². The molecule has 0 aliphatic carbocycles. The highest BCUT2D eigenvalue weighted by molar-refractivity contribution is 7.17. The van der Waals surface area contributed by atoms with E-state index < -0.39 is 0 Å². The van der Waals surface area contributed by atoms with Gasteiger partial charge in [0.05, 0.1) is 23.0 Å². The molecule has 2 aromatic heterocycles. The van der Waals surface area contributed by atoms with Crippen molar-refractivity contribution in [2.45, 2.75) is 18.9 Å². The zero-order chi connectivity index (χ0) is 18.6. The predicted octanol–water partition coefficient (Wildman–Crippen LogP) is 3.38. The van der Waals surface area contributed by atoms with Crippen LogP contribution in [0.5, 0.6) is 5.75 Å². The number of carbonyl (C=O) groups is 1. The maximum Gasteiger partial charge on any atom is 0.261 e. The number of methoxy groups -OCH3 is 1. The summed E-state index contributed by atoms with van der Waals surface area (Å²) >= 11 is 1.33. The number of thiophene rings is 1. The summed E-state index contributed by atoms with van der Waals surface area (Å²) in [6.45, 7) is 1.31. The second-order valence-electron chi connectivity index (χ2n) is 6.16. The molecule has 1 N–H and O–H groups in total. The van der Waals surface area contributed by atoms with Gasteiger partial charge in [-0.2, -0.15) is 4.98 Å². The monoisotopic (exact) mass is 385 g/mol. The number of nitrogens with one attached hydrogen (secondary N) is 1. The van der Waals surface area contributed by atoms with Crippen LogP contribution in [-0.4, -0.2) is 42.4 Å². The first-order valence-corrected chi connectivity index (χ1v) is 9.53. The van der Waals surface area contributed by atoms with Gasteiger partial charge >= 0.3 is 0 Å². The molecule has 0 spiro atoms. The number of ether oxygens (including phenoxy) is 2. The Morgan fingerprint density at radius 1 is 1.30 bits per heavy atom. The first kappa shape index (κ1) is 17.7. The molecule has 140 valence electrons. The van der Waals surface area contributed by atoms with Crippen LogP contribution in [0.1, 0.15) is 22.5 Å². The summed E-state index contributed by atoms with van der Waals surface area (Å²) in [5.41, 5.74) is 0.806. The number of carbonyl (C=O) groups excluding carboxylic acids is 1. The van der Waals surface area contributed by atoms with Gasteiger partial charge in [-0.15, -0.1) is 11.3 Å². The van der Waals surface area contributed by atoms with Gasteiger partial charge in [0.15, 0.2) is 0 Å². The van der Waals surface area contributed by atoms with Gasteiger partial charge in [0.25, 0.3) is 11.8 Å². The molecule has 3 aromatic rings. The lowest BCUT2D eigenvalue weighted by Gasteiger charge is -2.09. The molecule has 0 unspecified atom stereocenters. The summed E-state index contributed by atoms with van der Waals surface area (Å²) in [4.78, 5) is 18.1. The van der Waals surface area contributed by atoms with Gasteiger partial charge in [-0.3, -0.25) is 4.79 Å². The second kappa shape index (κ2) is 7.89. The zero-order valence-electron chi connectivity index (χ0n) is 14.8. The highest BCUT2D eigenvalue weighted by atomic mass is 32.1. The number of rotatable bonds is 6. The van der Waals surface area contributed by atoms with E-state index in [1.54, 1.807) is 13.2 Å². The molecule has 1 amide bonds. The number of amides is 1. The fourth-order valence-electron chi connectivity index (χ4n) is 2.85. The Balaban J connectivity index is 1.43. The van der Waals surface area contributed by atoms with Gasteiger partial charge in [-0.1, -0.05) is 5.16 Å². The van der Waals surface area contributed by atoms with E-state index in [-0.39, 0.29) is 12.0 Å². The molecule has 1 atom stereocenters. The van der Waals surface area contributed by atoms with E-state index in [0.29, 0.717) is 23.1 Å². The van der Waals surface area contributed by atoms with Gasteiger partial charge in [0.1, 0.15) is 5.75 Å². The maximum absolute atomic E-state index is 12.3. The van der Waals surface area contributed by atoms with Crippen molar-refractivity contribution in [1.29, 1.82) is 0 Å². The number of aromatic nitrogens is 2. The summed E-state index contributed by atoms with van der Waals surface area (Å²) in [7, 11) is 1.62. The fraction of sp³-hybridized carbons (Fsp3) is 0.316. The number of hydrogen-bond donors (Lipinski definition) is 1. The minimum Gasteiger partial charge on any atom is -0.497 e. The first-order valence-electron chi connectivity index (χ1n) is 8.71. The van der Waals surface area contributed by atoms with E-state index in [4.69, 9.17) is 14.0 Å². The minimum atomic E-state index is -0.111. The molecule has 4 rings (SSSR count). The summed E-state index contributed by atoms with van der Waals surface area (Å²) < 4.78 is 16.0. The Hall–Kier alpha value is -2.71. The highest BCUT2D eigenvalue weighted by Crippen LogP contribution is 2.28. The SMILES string of the molecule is COc1ccc(-c2nc(-c3ccc(C(=O)NC[C@@H]4CCCO4)s3)no2)cc1. The quantitative estimate of drug-likeness (QED) is 0.700. The largest absolute Gasteiger partial charge is 0.497 e. The molecule has 0 radical (unpaired) electrons. The van der Waals surface area contributed by atoms with Crippen LogP contribution in [0.4, 0.5) is 0 Å². The molecule has 3 heterocycles. The lowest BCUT2D eigenvalue weighted by atomic mass is 10.2. The standard InChI is InChI=1S/C19H19N3O4S/c1-24-13-6-4-12(5-7-13)19-21-17(22-26-19)15-8-9-16(27-15)18(23)20-11-14-3-2-10-25-14/h4-9,14H,2-3,10-11H2,1H3,(H,20,23)/t14-/m0/s1.